The SMILES string of the molecule is COC(=O)c1c(C(F)(F)F)[nH]c2ccc(C)cc12. The summed E-state index contributed by atoms with van der Waals surface area (Å²) >= 11 is 0. The molecule has 1 aromatic carbocycles. The lowest BCUT2D eigenvalue weighted by Crippen LogP contribution is -2.13. The standard InChI is InChI=1S/C12H10F3NO2/c1-6-3-4-8-7(5-6)9(11(17)18-2)10(16-8)12(13,14)15/h3-5,16H,1-2H3. The first kappa shape index (κ1) is 12.5. The Hall–Kier alpha value is -1.98. The van der Waals surface area contributed by atoms with Crippen molar-refractivity contribution >= 4 is 16.9 Å². The summed E-state index contributed by atoms with van der Waals surface area (Å²) in [7, 11) is 1.05. The van der Waals surface area contributed by atoms with Crippen LogP contribution < -0.4 is 0 Å². The van der Waals surface area contributed by atoms with Crippen LogP contribution in [0.1, 0.15) is 21.6 Å². The molecule has 0 atom stereocenters. The number of aromatic nitrogens is 1. The predicted molar refractivity (Wildman–Crippen MR) is 59.4 cm³/mol. The number of hydrogen-bond donors (Lipinski definition) is 1. The van der Waals surface area contributed by atoms with Gasteiger partial charge in [-0.05, 0) is 19.1 Å². The maximum atomic E-state index is 12.8. The number of methoxy groups -OCH3 is 1. The molecule has 0 aliphatic rings. The van der Waals surface area contributed by atoms with Crippen molar-refractivity contribution in [2.24, 2.45) is 0 Å². The molecule has 0 saturated carbocycles. The number of carbonyl (C=O) groups excluding carboxylic acids is 1. The minimum absolute atomic E-state index is 0.217. The highest BCUT2D eigenvalue weighted by atomic mass is 19.4. The van der Waals surface area contributed by atoms with Crippen LogP contribution in [-0.2, 0) is 10.9 Å². The van der Waals surface area contributed by atoms with Gasteiger partial charge in [-0.2, -0.15) is 13.2 Å². The molecule has 0 bridgehead atoms. The Morgan fingerprint density at radius 1 is 1.33 bits per heavy atom. The normalized spacial score (nSPS) is 11.8. The molecule has 0 aliphatic carbocycles. The first-order chi connectivity index (χ1) is 8.34. The molecule has 1 N–H and O–H groups in total. The van der Waals surface area contributed by atoms with Crippen molar-refractivity contribution in [3.8, 4) is 0 Å². The summed E-state index contributed by atoms with van der Waals surface area (Å²) in [5.41, 5.74) is -0.521. The van der Waals surface area contributed by atoms with E-state index in [1.807, 2.05) is 0 Å². The van der Waals surface area contributed by atoms with Crippen molar-refractivity contribution in [1.82, 2.24) is 4.98 Å². The Bertz CT molecular complexity index is 614. The fraction of sp³-hybridized carbons (Fsp3) is 0.250. The van der Waals surface area contributed by atoms with Gasteiger partial charge >= 0.3 is 12.1 Å². The van der Waals surface area contributed by atoms with E-state index in [4.69, 9.17) is 0 Å². The van der Waals surface area contributed by atoms with Gasteiger partial charge < -0.3 is 9.72 Å². The minimum atomic E-state index is -4.63. The van der Waals surface area contributed by atoms with Gasteiger partial charge in [0.15, 0.2) is 0 Å². The maximum absolute atomic E-state index is 12.8. The van der Waals surface area contributed by atoms with Gasteiger partial charge in [-0.25, -0.2) is 4.79 Å². The molecule has 0 radical (unpaired) electrons. The summed E-state index contributed by atoms with van der Waals surface area (Å²) in [6.07, 6.45) is -4.63. The third-order valence-electron chi connectivity index (χ3n) is 2.63. The monoisotopic (exact) mass is 257 g/mol. The van der Waals surface area contributed by atoms with E-state index in [0.717, 1.165) is 12.7 Å². The van der Waals surface area contributed by atoms with Crippen molar-refractivity contribution in [3.63, 3.8) is 0 Å². The number of aromatic amines is 1. The van der Waals surface area contributed by atoms with Crippen LogP contribution in [0.2, 0.25) is 0 Å². The molecule has 0 saturated heterocycles. The van der Waals surface area contributed by atoms with Crippen LogP contribution >= 0.6 is 0 Å². The lowest BCUT2D eigenvalue weighted by atomic mass is 10.1. The van der Waals surface area contributed by atoms with Gasteiger partial charge in [0, 0.05) is 10.9 Å². The highest BCUT2D eigenvalue weighted by molar-refractivity contribution is 6.05. The maximum Gasteiger partial charge on any atom is 0.432 e. The van der Waals surface area contributed by atoms with Crippen LogP contribution in [0.25, 0.3) is 10.9 Å². The number of halogens is 3. The topological polar surface area (TPSA) is 42.1 Å². The van der Waals surface area contributed by atoms with E-state index < -0.39 is 23.4 Å². The number of aryl methyl sites for hydroxylation is 1. The average molecular weight is 257 g/mol. The molecular weight excluding hydrogens is 247 g/mol. The summed E-state index contributed by atoms with van der Waals surface area (Å²) < 4.78 is 43.0. The van der Waals surface area contributed by atoms with Gasteiger partial charge in [-0.15, -0.1) is 0 Å². The lowest BCUT2D eigenvalue weighted by molar-refractivity contribution is -0.141. The summed E-state index contributed by atoms with van der Waals surface area (Å²) in [5, 5.41) is 0.217. The number of H-pyrrole nitrogens is 1. The molecule has 0 spiro atoms. The summed E-state index contributed by atoms with van der Waals surface area (Å²) in [5.74, 6) is -1.00. The van der Waals surface area contributed by atoms with Crippen LogP contribution in [0.3, 0.4) is 0 Å². The number of ether oxygens (including phenoxy) is 1. The highest BCUT2D eigenvalue weighted by Gasteiger charge is 2.39. The molecule has 96 valence electrons. The Labute approximate surface area is 101 Å². The van der Waals surface area contributed by atoms with Crippen LogP contribution in [0.4, 0.5) is 13.2 Å². The summed E-state index contributed by atoms with van der Waals surface area (Å²) in [6, 6.07) is 4.69. The molecule has 6 heteroatoms. The largest absolute Gasteiger partial charge is 0.465 e. The van der Waals surface area contributed by atoms with Crippen LogP contribution in [0, 0.1) is 6.92 Å². The fourth-order valence-corrected chi connectivity index (χ4v) is 1.83. The van der Waals surface area contributed by atoms with Crippen molar-refractivity contribution in [2.75, 3.05) is 7.11 Å². The zero-order chi connectivity index (χ0) is 13.5. The first-order valence-corrected chi connectivity index (χ1v) is 5.12. The van der Waals surface area contributed by atoms with Crippen LogP contribution in [0.15, 0.2) is 18.2 Å². The number of esters is 1. The van der Waals surface area contributed by atoms with E-state index in [9.17, 15) is 18.0 Å². The summed E-state index contributed by atoms with van der Waals surface area (Å²) in [4.78, 5) is 13.7. The number of nitrogens with one attached hydrogen (secondary N) is 1. The van der Waals surface area contributed by atoms with Crippen molar-refractivity contribution < 1.29 is 22.7 Å². The smallest absolute Gasteiger partial charge is 0.432 e. The number of alkyl halides is 3. The van der Waals surface area contributed by atoms with Gasteiger partial charge in [0.1, 0.15) is 5.69 Å². The second kappa shape index (κ2) is 4.04. The Balaban J connectivity index is 2.82. The van der Waals surface area contributed by atoms with E-state index in [1.54, 1.807) is 13.0 Å². The van der Waals surface area contributed by atoms with Gasteiger partial charge in [-0.1, -0.05) is 11.6 Å². The number of carbonyl (C=O) groups is 1. The molecule has 1 aromatic heterocycles. The second-order valence-electron chi connectivity index (χ2n) is 3.91. The quantitative estimate of drug-likeness (QED) is 0.796. The van der Waals surface area contributed by atoms with E-state index in [2.05, 4.69) is 9.72 Å². The van der Waals surface area contributed by atoms with Crippen molar-refractivity contribution in [2.45, 2.75) is 13.1 Å². The lowest BCUT2D eigenvalue weighted by Gasteiger charge is -2.06. The third kappa shape index (κ3) is 1.94. The van der Waals surface area contributed by atoms with E-state index in [0.29, 0.717) is 0 Å². The van der Waals surface area contributed by atoms with Crippen LogP contribution in [-0.4, -0.2) is 18.1 Å². The molecule has 18 heavy (non-hydrogen) atoms. The van der Waals surface area contributed by atoms with Gasteiger partial charge in [0.05, 0.1) is 12.7 Å². The molecular formula is C12H10F3NO2. The Kier molecular flexibility index (Phi) is 2.80. The fourth-order valence-electron chi connectivity index (χ4n) is 1.83. The molecule has 3 nitrogen and oxygen atoms in total. The highest BCUT2D eigenvalue weighted by Crippen LogP contribution is 2.36. The van der Waals surface area contributed by atoms with E-state index >= 15 is 0 Å². The molecule has 0 fully saturated rings. The van der Waals surface area contributed by atoms with E-state index in [-0.39, 0.29) is 10.9 Å². The molecule has 0 amide bonds. The second-order valence-corrected chi connectivity index (χ2v) is 3.91. The number of fused-ring (bicyclic) bond motifs is 1. The predicted octanol–water partition coefficient (Wildman–Crippen LogP) is 3.28. The van der Waals surface area contributed by atoms with Gasteiger partial charge in [0.25, 0.3) is 0 Å². The summed E-state index contributed by atoms with van der Waals surface area (Å²) in [6.45, 7) is 1.74. The molecule has 0 aliphatic heterocycles. The molecule has 1 heterocycles. The Morgan fingerprint density at radius 3 is 2.56 bits per heavy atom. The number of benzene rings is 1. The molecule has 2 rings (SSSR count). The minimum Gasteiger partial charge on any atom is -0.465 e. The molecule has 2 aromatic rings. The van der Waals surface area contributed by atoms with Crippen molar-refractivity contribution in [1.29, 1.82) is 0 Å². The zero-order valence-electron chi connectivity index (χ0n) is 9.68. The number of hydrogen-bond acceptors (Lipinski definition) is 2. The first-order valence-electron chi connectivity index (χ1n) is 5.12. The Morgan fingerprint density at radius 2 is 2.00 bits per heavy atom. The van der Waals surface area contributed by atoms with Crippen molar-refractivity contribution in [3.05, 3.63) is 35.0 Å². The number of rotatable bonds is 1. The average Bonchev–Trinajstić information content (AvgIpc) is 2.66. The third-order valence-corrected chi connectivity index (χ3v) is 2.63. The van der Waals surface area contributed by atoms with Gasteiger partial charge in [-0.3, -0.25) is 0 Å². The molecule has 0 unspecified atom stereocenters. The zero-order valence-corrected chi connectivity index (χ0v) is 9.68. The van der Waals surface area contributed by atoms with Crippen LogP contribution in [0.5, 0.6) is 0 Å². The van der Waals surface area contributed by atoms with E-state index in [1.165, 1.54) is 12.1 Å². The van der Waals surface area contributed by atoms with Gasteiger partial charge in [0.2, 0.25) is 0 Å².